The fourth-order valence-corrected chi connectivity index (χ4v) is 1.49. The van der Waals surface area contributed by atoms with Gasteiger partial charge in [-0.1, -0.05) is 0 Å². The van der Waals surface area contributed by atoms with Crippen LogP contribution in [0.15, 0.2) is 12.4 Å². The summed E-state index contributed by atoms with van der Waals surface area (Å²) < 4.78 is 10.1. The molecule has 6 nitrogen and oxygen atoms in total. The maximum Gasteiger partial charge on any atom is 0.316 e. The van der Waals surface area contributed by atoms with E-state index in [2.05, 4.69) is 15.3 Å². The van der Waals surface area contributed by atoms with E-state index in [1.54, 1.807) is 0 Å². The van der Waals surface area contributed by atoms with E-state index in [-0.39, 0.29) is 18.0 Å². The lowest BCUT2D eigenvalue weighted by molar-refractivity contribution is -0.124. The van der Waals surface area contributed by atoms with Crippen molar-refractivity contribution in [3.8, 4) is 6.01 Å². The summed E-state index contributed by atoms with van der Waals surface area (Å²) in [5.41, 5.74) is 0.543. The number of hydrogen-bond donors (Lipinski definition) is 1. The van der Waals surface area contributed by atoms with E-state index in [1.807, 2.05) is 0 Å². The van der Waals surface area contributed by atoms with Crippen molar-refractivity contribution in [2.24, 2.45) is 0 Å². The van der Waals surface area contributed by atoms with E-state index in [0.29, 0.717) is 12.3 Å². The summed E-state index contributed by atoms with van der Waals surface area (Å²) in [4.78, 5) is 19.4. The number of carbonyl (C=O) groups excluding carboxylic acids is 1. The molecule has 0 bridgehead atoms. The van der Waals surface area contributed by atoms with Crippen LogP contribution in [-0.4, -0.2) is 35.7 Å². The SMILES string of the molecule is COc1ncc(NC(=O)C2CCCO2)cn1. The Morgan fingerprint density at radius 2 is 2.31 bits per heavy atom. The topological polar surface area (TPSA) is 73.3 Å². The predicted octanol–water partition coefficient (Wildman–Crippen LogP) is 0.603. The predicted molar refractivity (Wildman–Crippen MR) is 56.2 cm³/mol. The molecule has 1 unspecified atom stereocenters. The summed E-state index contributed by atoms with van der Waals surface area (Å²) in [6.07, 6.45) is 4.35. The summed E-state index contributed by atoms with van der Waals surface area (Å²) in [6, 6.07) is 0.273. The average molecular weight is 223 g/mol. The minimum atomic E-state index is -0.345. The van der Waals surface area contributed by atoms with Gasteiger partial charge in [0, 0.05) is 6.61 Å². The molecule has 0 spiro atoms. The highest BCUT2D eigenvalue weighted by atomic mass is 16.5. The average Bonchev–Trinajstić information content (AvgIpc) is 2.83. The van der Waals surface area contributed by atoms with E-state index in [1.165, 1.54) is 19.5 Å². The van der Waals surface area contributed by atoms with E-state index < -0.39 is 0 Å². The molecule has 16 heavy (non-hydrogen) atoms. The molecule has 1 aliphatic heterocycles. The third kappa shape index (κ3) is 2.46. The van der Waals surface area contributed by atoms with Crippen LogP contribution in [0.4, 0.5) is 5.69 Å². The van der Waals surface area contributed by atoms with Crippen LogP contribution in [0.25, 0.3) is 0 Å². The fraction of sp³-hybridized carbons (Fsp3) is 0.500. The van der Waals surface area contributed by atoms with Gasteiger partial charge >= 0.3 is 6.01 Å². The van der Waals surface area contributed by atoms with Gasteiger partial charge in [-0.2, -0.15) is 0 Å². The molecule has 6 heteroatoms. The molecule has 1 saturated heterocycles. The number of amides is 1. The van der Waals surface area contributed by atoms with E-state index >= 15 is 0 Å². The Morgan fingerprint density at radius 1 is 1.56 bits per heavy atom. The van der Waals surface area contributed by atoms with Crippen LogP contribution in [0.5, 0.6) is 6.01 Å². The normalized spacial score (nSPS) is 19.4. The summed E-state index contributed by atoms with van der Waals surface area (Å²) in [5.74, 6) is -0.147. The summed E-state index contributed by atoms with van der Waals surface area (Å²) in [7, 11) is 1.49. The van der Waals surface area contributed by atoms with Gasteiger partial charge in [0.25, 0.3) is 5.91 Å². The van der Waals surface area contributed by atoms with Crippen molar-refractivity contribution in [1.29, 1.82) is 0 Å². The van der Waals surface area contributed by atoms with Gasteiger partial charge < -0.3 is 14.8 Å². The van der Waals surface area contributed by atoms with E-state index in [9.17, 15) is 4.79 Å². The molecule has 1 aromatic rings. The second-order valence-electron chi connectivity index (χ2n) is 3.45. The number of ether oxygens (including phenoxy) is 2. The van der Waals surface area contributed by atoms with Crippen molar-refractivity contribution in [1.82, 2.24) is 9.97 Å². The van der Waals surface area contributed by atoms with Crippen LogP contribution in [-0.2, 0) is 9.53 Å². The first-order valence-corrected chi connectivity index (χ1v) is 5.08. The van der Waals surface area contributed by atoms with Gasteiger partial charge in [0.05, 0.1) is 25.2 Å². The molecule has 1 aliphatic rings. The smallest absolute Gasteiger partial charge is 0.316 e. The number of aromatic nitrogens is 2. The molecule has 86 valence electrons. The number of carbonyl (C=O) groups is 1. The highest BCUT2D eigenvalue weighted by Crippen LogP contribution is 2.14. The Balaban J connectivity index is 1.94. The molecular weight excluding hydrogens is 210 g/mol. The number of rotatable bonds is 3. The van der Waals surface area contributed by atoms with Crippen LogP contribution in [0, 0.1) is 0 Å². The molecule has 0 radical (unpaired) electrons. The molecule has 1 N–H and O–H groups in total. The molecule has 1 aromatic heterocycles. The number of hydrogen-bond acceptors (Lipinski definition) is 5. The molecule has 2 rings (SSSR count). The van der Waals surface area contributed by atoms with Crippen LogP contribution in [0.3, 0.4) is 0 Å². The summed E-state index contributed by atoms with van der Waals surface area (Å²) in [5, 5.41) is 2.69. The van der Waals surface area contributed by atoms with Crippen molar-refractivity contribution in [2.45, 2.75) is 18.9 Å². The van der Waals surface area contributed by atoms with Gasteiger partial charge in [-0.05, 0) is 12.8 Å². The zero-order valence-electron chi connectivity index (χ0n) is 8.97. The lowest BCUT2D eigenvalue weighted by Crippen LogP contribution is -2.26. The fourth-order valence-electron chi connectivity index (χ4n) is 1.49. The highest BCUT2D eigenvalue weighted by molar-refractivity contribution is 5.94. The maximum atomic E-state index is 11.6. The van der Waals surface area contributed by atoms with Gasteiger partial charge in [0.2, 0.25) is 0 Å². The molecule has 1 amide bonds. The quantitative estimate of drug-likeness (QED) is 0.812. The van der Waals surface area contributed by atoms with Crippen molar-refractivity contribution in [2.75, 3.05) is 19.0 Å². The molecule has 1 fully saturated rings. The Morgan fingerprint density at radius 3 is 2.88 bits per heavy atom. The van der Waals surface area contributed by atoms with E-state index in [4.69, 9.17) is 9.47 Å². The van der Waals surface area contributed by atoms with Crippen LogP contribution >= 0.6 is 0 Å². The third-order valence-electron chi connectivity index (χ3n) is 2.30. The lowest BCUT2D eigenvalue weighted by Gasteiger charge is -2.09. The minimum Gasteiger partial charge on any atom is -0.467 e. The van der Waals surface area contributed by atoms with Crippen molar-refractivity contribution >= 4 is 11.6 Å². The third-order valence-corrected chi connectivity index (χ3v) is 2.30. The second-order valence-corrected chi connectivity index (χ2v) is 3.45. The van der Waals surface area contributed by atoms with Crippen molar-refractivity contribution in [3.63, 3.8) is 0 Å². The largest absolute Gasteiger partial charge is 0.467 e. The van der Waals surface area contributed by atoms with Crippen LogP contribution in [0.1, 0.15) is 12.8 Å². The van der Waals surface area contributed by atoms with Gasteiger partial charge in [-0.15, -0.1) is 0 Å². The standard InChI is InChI=1S/C10H13N3O3/c1-15-10-11-5-7(6-12-10)13-9(14)8-3-2-4-16-8/h5-6,8H,2-4H2,1H3,(H,13,14). The van der Waals surface area contributed by atoms with Crippen LogP contribution < -0.4 is 10.1 Å². The number of anilines is 1. The number of methoxy groups -OCH3 is 1. The van der Waals surface area contributed by atoms with Gasteiger partial charge in [0.15, 0.2) is 0 Å². The Bertz CT molecular complexity index is 360. The monoisotopic (exact) mass is 223 g/mol. The zero-order valence-corrected chi connectivity index (χ0v) is 8.97. The molecule has 0 saturated carbocycles. The van der Waals surface area contributed by atoms with Gasteiger partial charge in [-0.3, -0.25) is 4.79 Å². The number of nitrogens with zero attached hydrogens (tertiary/aromatic N) is 2. The lowest BCUT2D eigenvalue weighted by atomic mass is 10.2. The van der Waals surface area contributed by atoms with E-state index in [0.717, 1.165) is 12.8 Å². The first-order chi connectivity index (χ1) is 7.79. The molecule has 2 heterocycles. The Kier molecular flexibility index (Phi) is 3.31. The molecule has 0 aliphatic carbocycles. The van der Waals surface area contributed by atoms with Crippen molar-refractivity contribution < 1.29 is 14.3 Å². The van der Waals surface area contributed by atoms with Crippen molar-refractivity contribution in [3.05, 3.63) is 12.4 Å². The number of nitrogens with one attached hydrogen (secondary N) is 1. The summed E-state index contributed by atoms with van der Waals surface area (Å²) in [6.45, 7) is 0.650. The maximum absolute atomic E-state index is 11.6. The van der Waals surface area contributed by atoms with Crippen LogP contribution in [0.2, 0.25) is 0 Å². The summed E-state index contributed by atoms with van der Waals surface area (Å²) >= 11 is 0. The molecule has 0 aromatic carbocycles. The molecule has 1 atom stereocenters. The van der Waals surface area contributed by atoms with Gasteiger partial charge in [0.1, 0.15) is 6.10 Å². The Labute approximate surface area is 93.0 Å². The molecular formula is C10H13N3O3. The Hall–Kier alpha value is -1.69. The zero-order chi connectivity index (χ0) is 11.4. The first-order valence-electron chi connectivity index (χ1n) is 5.08. The second kappa shape index (κ2) is 4.89. The van der Waals surface area contributed by atoms with Gasteiger partial charge in [-0.25, -0.2) is 9.97 Å². The first kappa shape index (κ1) is 10.8. The minimum absolute atomic E-state index is 0.147. The highest BCUT2D eigenvalue weighted by Gasteiger charge is 2.23.